The molecule has 0 atom stereocenters. The number of rotatable bonds is 4. The van der Waals surface area contributed by atoms with Crippen molar-refractivity contribution in [3.05, 3.63) is 45.7 Å². The van der Waals surface area contributed by atoms with Crippen molar-refractivity contribution in [3.8, 4) is 17.3 Å². The number of alkyl halides is 6. The second kappa shape index (κ2) is 7.46. The molecule has 8 nitrogen and oxygen atoms in total. The van der Waals surface area contributed by atoms with E-state index in [1.807, 2.05) is 0 Å². The highest BCUT2D eigenvalue weighted by Gasteiger charge is 2.49. The maximum atomic E-state index is 12.7. The molecular formula is C15H10F6N2O6S. The van der Waals surface area contributed by atoms with Crippen molar-refractivity contribution in [3.63, 3.8) is 0 Å². The highest BCUT2D eigenvalue weighted by molar-refractivity contribution is 7.87. The fourth-order valence-corrected chi connectivity index (χ4v) is 2.96. The summed E-state index contributed by atoms with van der Waals surface area (Å²) < 4.78 is 111. The molecule has 2 heterocycles. The molecular weight excluding hydrogens is 450 g/mol. The lowest BCUT2D eigenvalue weighted by molar-refractivity contribution is -0.274. The number of hydrogen-bond acceptors (Lipinski definition) is 7. The number of fused-ring (bicyclic) bond motifs is 1. The summed E-state index contributed by atoms with van der Waals surface area (Å²) in [4.78, 5) is 12.6. The molecule has 0 aliphatic carbocycles. The quantitative estimate of drug-likeness (QED) is 0.393. The minimum Gasteiger partial charge on any atom is -0.406 e. The van der Waals surface area contributed by atoms with Gasteiger partial charge in [0.1, 0.15) is 5.75 Å². The van der Waals surface area contributed by atoms with E-state index in [0.29, 0.717) is 4.68 Å². The van der Waals surface area contributed by atoms with Gasteiger partial charge in [0.15, 0.2) is 0 Å². The molecule has 30 heavy (non-hydrogen) atoms. The number of halogens is 6. The molecule has 3 rings (SSSR count). The van der Waals surface area contributed by atoms with Gasteiger partial charge in [0, 0.05) is 12.0 Å². The Balaban J connectivity index is 2.09. The molecule has 1 aromatic carbocycles. The third-order valence-corrected chi connectivity index (χ3v) is 4.74. The molecule has 0 N–H and O–H groups in total. The van der Waals surface area contributed by atoms with E-state index in [1.165, 1.54) is 0 Å². The van der Waals surface area contributed by atoms with Gasteiger partial charge in [0.25, 0.3) is 11.4 Å². The monoisotopic (exact) mass is 460 g/mol. The Labute approximate surface area is 163 Å². The van der Waals surface area contributed by atoms with Crippen LogP contribution in [-0.4, -0.2) is 36.7 Å². The first-order valence-corrected chi connectivity index (χ1v) is 9.29. The van der Waals surface area contributed by atoms with Gasteiger partial charge in [-0.25, -0.2) is 0 Å². The van der Waals surface area contributed by atoms with Crippen molar-refractivity contribution in [2.45, 2.75) is 24.9 Å². The summed E-state index contributed by atoms with van der Waals surface area (Å²) in [6.07, 6.45) is -5.10. The minimum absolute atomic E-state index is 0.0238. The van der Waals surface area contributed by atoms with Crippen molar-refractivity contribution >= 4 is 10.1 Å². The molecule has 0 bridgehead atoms. The van der Waals surface area contributed by atoms with Crippen molar-refractivity contribution in [1.82, 2.24) is 9.78 Å². The summed E-state index contributed by atoms with van der Waals surface area (Å²) in [5.41, 5.74) is -7.17. The van der Waals surface area contributed by atoms with Gasteiger partial charge in [-0.1, -0.05) is 0 Å². The molecule has 0 unspecified atom stereocenters. The Morgan fingerprint density at radius 3 is 2.23 bits per heavy atom. The molecule has 15 heteroatoms. The Morgan fingerprint density at radius 1 is 1.03 bits per heavy atom. The molecule has 0 radical (unpaired) electrons. The SMILES string of the molecule is O=c1c2c(c(OS(=O)(=O)C(F)(F)F)nn1-c1ccc(OC(F)(F)F)cc1)CCOC2. The second-order valence-corrected chi connectivity index (χ2v) is 7.34. The van der Waals surface area contributed by atoms with Crippen LogP contribution in [0.3, 0.4) is 0 Å². The maximum Gasteiger partial charge on any atom is 0.573 e. The largest absolute Gasteiger partial charge is 0.573 e. The van der Waals surface area contributed by atoms with Crippen LogP contribution in [0.4, 0.5) is 26.3 Å². The van der Waals surface area contributed by atoms with Crippen LogP contribution in [0, 0.1) is 0 Å². The zero-order chi connectivity index (χ0) is 22.3. The summed E-state index contributed by atoms with van der Waals surface area (Å²) in [7, 11) is -6.09. The van der Waals surface area contributed by atoms with Gasteiger partial charge in [-0.15, -0.1) is 18.3 Å². The first kappa shape index (κ1) is 21.9. The fourth-order valence-electron chi connectivity index (χ4n) is 2.52. The lowest BCUT2D eigenvalue weighted by atomic mass is 10.1. The molecule has 1 aliphatic heterocycles. The van der Waals surface area contributed by atoms with Crippen molar-refractivity contribution in [1.29, 1.82) is 0 Å². The van der Waals surface area contributed by atoms with Crippen LogP contribution in [0.15, 0.2) is 29.1 Å². The maximum absolute atomic E-state index is 12.7. The van der Waals surface area contributed by atoms with E-state index in [9.17, 15) is 39.6 Å². The van der Waals surface area contributed by atoms with Crippen LogP contribution in [0.1, 0.15) is 11.1 Å². The van der Waals surface area contributed by atoms with E-state index in [2.05, 4.69) is 14.0 Å². The van der Waals surface area contributed by atoms with Gasteiger partial charge in [-0.2, -0.15) is 26.3 Å². The summed E-state index contributed by atoms with van der Waals surface area (Å²) in [5.74, 6) is -1.61. The third kappa shape index (κ3) is 4.51. The lowest BCUT2D eigenvalue weighted by Crippen LogP contribution is -2.34. The van der Waals surface area contributed by atoms with E-state index in [4.69, 9.17) is 4.74 Å². The van der Waals surface area contributed by atoms with Crippen LogP contribution >= 0.6 is 0 Å². The Morgan fingerprint density at radius 2 is 1.67 bits per heavy atom. The van der Waals surface area contributed by atoms with E-state index in [-0.39, 0.29) is 36.4 Å². The molecule has 1 aliphatic rings. The van der Waals surface area contributed by atoms with E-state index in [0.717, 1.165) is 24.3 Å². The van der Waals surface area contributed by atoms with E-state index in [1.54, 1.807) is 0 Å². The number of hydrogen-bond donors (Lipinski definition) is 0. The highest BCUT2D eigenvalue weighted by atomic mass is 32.2. The van der Waals surface area contributed by atoms with Gasteiger partial charge in [0.05, 0.1) is 24.5 Å². The molecule has 164 valence electrons. The van der Waals surface area contributed by atoms with Gasteiger partial charge in [0.2, 0.25) is 0 Å². The molecule has 0 fully saturated rings. The predicted octanol–water partition coefficient (Wildman–Crippen LogP) is 2.43. The van der Waals surface area contributed by atoms with Gasteiger partial charge in [-0.3, -0.25) is 4.79 Å². The predicted molar refractivity (Wildman–Crippen MR) is 85.5 cm³/mol. The molecule has 1 aromatic heterocycles. The number of benzene rings is 1. The average Bonchev–Trinajstić information content (AvgIpc) is 2.62. The third-order valence-electron chi connectivity index (χ3n) is 3.79. The zero-order valence-corrected chi connectivity index (χ0v) is 15.3. The van der Waals surface area contributed by atoms with Crippen LogP contribution < -0.4 is 14.5 Å². The lowest BCUT2D eigenvalue weighted by Gasteiger charge is -2.20. The summed E-state index contributed by atoms with van der Waals surface area (Å²) in [6.45, 7) is -0.377. The minimum atomic E-state index is -6.09. The van der Waals surface area contributed by atoms with Crippen LogP contribution in [-0.2, 0) is 27.9 Å². The normalized spacial score (nSPS) is 14.9. The number of nitrogens with zero attached hydrogens (tertiary/aromatic N) is 2. The summed E-state index contributed by atoms with van der Waals surface area (Å²) in [5, 5.41) is 3.54. The van der Waals surface area contributed by atoms with Crippen molar-refractivity contribution < 1.29 is 48.4 Å². The summed E-state index contributed by atoms with van der Waals surface area (Å²) in [6, 6.07) is 3.60. The summed E-state index contributed by atoms with van der Waals surface area (Å²) >= 11 is 0. The smallest absolute Gasteiger partial charge is 0.406 e. The molecule has 0 amide bonds. The molecule has 2 aromatic rings. The molecule has 0 saturated carbocycles. The average molecular weight is 460 g/mol. The fraction of sp³-hybridized carbons (Fsp3) is 0.333. The second-order valence-electron chi connectivity index (χ2n) is 5.81. The standard InChI is InChI=1S/C15H10F6N2O6S/c16-14(17,18)28-9-3-1-8(2-4-9)23-13(24)11-7-27-6-5-10(11)12(22-23)29-30(25,26)15(19,20)21/h1-4H,5-7H2. The van der Waals surface area contributed by atoms with Crippen LogP contribution in [0.2, 0.25) is 0 Å². The first-order chi connectivity index (χ1) is 13.8. The van der Waals surface area contributed by atoms with Crippen LogP contribution in [0.25, 0.3) is 5.69 Å². The zero-order valence-electron chi connectivity index (χ0n) is 14.5. The first-order valence-electron chi connectivity index (χ1n) is 7.88. The molecule has 0 saturated heterocycles. The number of aromatic nitrogens is 2. The van der Waals surface area contributed by atoms with Gasteiger partial charge < -0.3 is 13.7 Å². The highest BCUT2D eigenvalue weighted by Crippen LogP contribution is 2.30. The van der Waals surface area contributed by atoms with Crippen molar-refractivity contribution in [2.24, 2.45) is 0 Å². The number of ether oxygens (including phenoxy) is 2. The molecule has 0 spiro atoms. The van der Waals surface area contributed by atoms with Crippen LogP contribution in [0.5, 0.6) is 11.6 Å². The van der Waals surface area contributed by atoms with E-state index < -0.39 is 39.2 Å². The topological polar surface area (TPSA) is 96.7 Å². The van der Waals surface area contributed by atoms with E-state index >= 15 is 0 Å². The Kier molecular flexibility index (Phi) is 5.44. The van der Waals surface area contributed by atoms with Crippen molar-refractivity contribution in [2.75, 3.05) is 6.61 Å². The van der Waals surface area contributed by atoms with Gasteiger partial charge in [-0.05, 0) is 24.3 Å². The Bertz CT molecular complexity index is 1110. The van der Waals surface area contributed by atoms with Gasteiger partial charge >= 0.3 is 22.0 Å². The Hall–Kier alpha value is -2.81.